The summed E-state index contributed by atoms with van der Waals surface area (Å²) >= 11 is 0. The first-order valence-corrected chi connectivity index (χ1v) is 9.97. The van der Waals surface area contributed by atoms with Crippen LogP contribution in [0.3, 0.4) is 0 Å². The zero-order valence-corrected chi connectivity index (χ0v) is 17.4. The van der Waals surface area contributed by atoms with Crippen molar-refractivity contribution in [2.45, 2.75) is 0 Å². The van der Waals surface area contributed by atoms with Crippen molar-refractivity contribution in [3.05, 3.63) is 97.0 Å². The number of methoxy groups -OCH3 is 1. The third-order valence-corrected chi connectivity index (χ3v) is 4.88. The Morgan fingerprint density at radius 1 is 0.844 bits per heavy atom. The number of amides is 1. The Kier molecular flexibility index (Phi) is 6.32. The van der Waals surface area contributed by atoms with Gasteiger partial charge in [-0.3, -0.25) is 4.79 Å². The molecule has 160 valence electrons. The van der Waals surface area contributed by atoms with Crippen LogP contribution in [-0.4, -0.2) is 25.6 Å². The standard InChI is InChI=1S/C26H21NO5/c1-30-26(29)23-15-20(21-13-14-31-16-21)9-12-24(23)27-25(28)17-32-22-10-7-19(8-11-22)18-5-3-2-4-6-18/h2-16H,17H2,1H3,(H,27,28). The fourth-order valence-corrected chi connectivity index (χ4v) is 3.25. The summed E-state index contributed by atoms with van der Waals surface area (Å²) in [6.45, 7) is -0.200. The molecule has 0 aliphatic rings. The van der Waals surface area contributed by atoms with E-state index >= 15 is 0 Å². The van der Waals surface area contributed by atoms with Gasteiger partial charge in [0.05, 0.1) is 30.9 Å². The molecule has 0 fully saturated rings. The molecule has 0 unspecified atom stereocenters. The van der Waals surface area contributed by atoms with Crippen molar-refractivity contribution < 1.29 is 23.5 Å². The molecule has 0 aliphatic heterocycles. The van der Waals surface area contributed by atoms with Crippen LogP contribution < -0.4 is 10.1 Å². The summed E-state index contributed by atoms with van der Waals surface area (Å²) < 4.78 is 15.6. The predicted molar refractivity (Wildman–Crippen MR) is 121 cm³/mol. The second-order valence-corrected chi connectivity index (χ2v) is 6.99. The normalized spacial score (nSPS) is 10.4. The molecule has 4 rings (SSSR count). The quantitative estimate of drug-likeness (QED) is 0.399. The summed E-state index contributed by atoms with van der Waals surface area (Å²) in [5, 5.41) is 2.72. The molecule has 1 heterocycles. The van der Waals surface area contributed by atoms with E-state index in [1.54, 1.807) is 36.8 Å². The second kappa shape index (κ2) is 9.66. The molecule has 0 spiro atoms. The monoisotopic (exact) mass is 427 g/mol. The number of carbonyl (C=O) groups is 2. The molecule has 6 heteroatoms. The second-order valence-electron chi connectivity index (χ2n) is 6.99. The number of carbonyl (C=O) groups excluding carboxylic acids is 2. The van der Waals surface area contributed by atoms with E-state index in [0.29, 0.717) is 11.4 Å². The van der Waals surface area contributed by atoms with Crippen LogP contribution >= 0.6 is 0 Å². The van der Waals surface area contributed by atoms with Crippen molar-refractivity contribution in [2.75, 3.05) is 19.0 Å². The van der Waals surface area contributed by atoms with E-state index in [-0.39, 0.29) is 12.2 Å². The Bertz CT molecular complexity index is 1200. The fraction of sp³-hybridized carbons (Fsp3) is 0.0769. The van der Waals surface area contributed by atoms with Gasteiger partial charge in [0.25, 0.3) is 5.91 Å². The zero-order chi connectivity index (χ0) is 22.3. The van der Waals surface area contributed by atoms with E-state index in [9.17, 15) is 9.59 Å². The molecule has 32 heavy (non-hydrogen) atoms. The molecule has 0 saturated heterocycles. The zero-order valence-electron chi connectivity index (χ0n) is 17.4. The highest BCUT2D eigenvalue weighted by Crippen LogP contribution is 2.27. The molecule has 1 aromatic heterocycles. The molecule has 3 aromatic carbocycles. The number of rotatable bonds is 7. The van der Waals surface area contributed by atoms with E-state index in [4.69, 9.17) is 13.9 Å². The van der Waals surface area contributed by atoms with Crippen LogP contribution in [0.2, 0.25) is 0 Å². The van der Waals surface area contributed by atoms with E-state index in [0.717, 1.165) is 22.3 Å². The molecule has 1 amide bonds. The molecule has 0 radical (unpaired) electrons. The van der Waals surface area contributed by atoms with Gasteiger partial charge in [-0.15, -0.1) is 0 Å². The van der Waals surface area contributed by atoms with Crippen LogP contribution in [0.4, 0.5) is 5.69 Å². The largest absolute Gasteiger partial charge is 0.484 e. The lowest BCUT2D eigenvalue weighted by atomic mass is 10.0. The van der Waals surface area contributed by atoms with Gasteiger partial charge in [-0.05, 0) is 47.0 Å². The summed E-state index contributed by atoms with van der Waals surface area (Å²) in [6, 6.07) is 24.4. The first kappa shape index (κ1) is 20.9. The maximum absolute atomic E-state index is 12.4. The molecule has 0 atom stereocenters. The lowest BCUT2D eigenvalue weighted by Gasteiger charge is -2.12. The topological polar surface area (TPSA) is 77.8 Å². The molecule has 4 aromatic rings. The van der Waals surface area contributed by atoms with Crippen LogP contribution in [0.1, 0.15) is 10.4 Å². The minimum absolute atomic E-state index is 0.200. The molecule has 0 aliphatic carbocycles. The Hall–Kier alpha value is -4.32. The summed E-state index contributed by atoms with van der Waals surface area (Å²) in [6.07, 6.45) is 3.12. The van der Waals surface area contributed by atoms with E-state index in [2.05, 4.69) is 5.32 Å². The van der Waals surface area contributed by atoms with Gasteiger partial charge in [0, 0.05) is 5.56 Å². The van der Waals surface area contributed by atoms with Crippen LogP contribution in [0.15, 0.2) is 95.8 Å². The van der Waals surface area contributed by atoms with Gasteiger partial charge in [0.2, 0.25) is 0 Å². The maximum Gasteiger partial charge on any atom is 0.339 e. The SMILES string of the molecule is COC(=O)c1cc(-c2ccoc2)ccc1NC(=O)COc1ccc(-c2ccccc2)cc1. The third kappa shape index (κ3) is 4.87. The van der Waals surface area contributed by atoms with Crippen molar-refractivity contribution >= 4 is 17.6 Å². The number of ether oxygens (including phenoxy) is 2. The molecule has 0 saturated carbocycles. The lowest BCUT2D eigenvalue weighted by molar-refractivity contribution is -0.118. The molecule has 6 nitrogen and oxygen atoms in total. The van der Waals surface area contributed by atoms with Crippen LogP contribution in [-0.2, 0) is 9.53 Å². The number of furan rings is 1. The highest BCUT2D eigenvalue weighted by molar-refractivity contribution is 6.02. The van der Waals surface area contributed by atoms with E-state index < -0.39 is 11.9 Å². The first-order chi connectivity index (χ1) is 15.6. The number of benzene rings is 3. The number of anilines is 1. The highest BCUT2D eigenvalue weighted by atomic mass is 16.5. The van der Waals surface area contributed by atoms with Gasteiger partial charge in [-0.1, -0.05) is 48.5 Å². The minimum Gasteiger partial charge on any atom is -0.484 e. The number of hydrogen-bond acceptors (Lipinski definition) is 5. The number of esters is 1. The first-order valence-electron chi connectivity index (χ1n) is 9.97. The van der Waals surface area contributed by atoms with Crippen LogP contribution in [0.5, 0.6) is 5.75 Å². The average Bonchev–Trinajstić information content (AvgIpc) is 3.38. The van der Waals surface area contributed by atoms with Gasteiger partial charge in [0.15, 0.2) is 6.61 Å². The number of hydrogen-bond donors (Lipinski definition) is 1. The number of nitrogens with one attached hydrogen (secondary N) is 1. The Morgan fingerprint density at radius 2 is 1.56 bits per heavy atom. The fourth-order valence-electron chi connectivity index (χ4n) is 3.25. The summed E-state index contributed by atoms with van der Waals surface area (Å²) in [5.74, 6) is -0.371. The van der Waals surface area contributed by atoms with Gasteiger partial charge < -0.3 is 19.2 Å². The van der Waals surface area contributed by atoms with Gasteiger partial charge >= 0.3 is 5.97 Å². The summed E-state index contributed by atoms with van der Waals surface area (Å²) in [4.78, 5) is 24.7. The van der Waals surface area contributed by atoms with Gasteiger partial charge in [0.1, 0.15) is 5.75 Å². The summed E-state index contributed by atoms with van der Waals surface area (Å²) in [5.41, 5.74) is 4.33. The Morgan fingerprint density at radius 3 is 2.25 bits per heavy atom. The Balaban J connectivity index is 1.42. The molecular weight excluding hydrogens is 406 g/mol. The molecule has 1 N–H and O–H groups in total. The van der Waals surface area contributed by atoms with Crippen LogP contribution in [0, 0.1) is 0 Å². The van der Waals surface area contributed by atoms with Crippen molar-refractivity contribution in [1.29, 1.82) is 0 Å². The van der Waals surface area contributed by atoms with Crippen molar-refractivity contribution in [3.63, 3.8) is 0 Å². The predicted octanol–water partition coefficient (Wildman–Crippen LogP) is 5.42. The Labute approximate surface area is 185 Å². The molecular formula is C26H21NO5. The van der Waals surface area contributed by atoms with E-state index in [1.807, 2.05) is 54.6 Å². The lowest BCUT2D eigenvalue weighted by Crippen LogP contribution is -2.21. The smallest absolute Gasteiger partial charge is 0.339 e. The summed E-state index contributed by atoms with van der Waals surface area (Å²) in [7, 11) is 1.29. The van der Waals surface area contributed by atoms with Crippen LogP contribution in [0.25, 0.3) is 22.3 Å². The highest BCUT2D eigenvalue weighted by Gasteiger charge is 2.16. The van der Waals surface area contributed by atoms with Crippen molar-refractivity contribution in [2.24, 2.45) is 0 Å². The minimum atomic E-state index is -0.553. The maximum atomic E-state index is 12.4. The van der Waals surface area contributed by atoms with Gasteiger partial charge in [-0.25, -0.2) is 4.79 Å². The van der Waals surface area contributed by atoms with Crippen molar-refractivity contribution in [3.8, 4) is 28.0 Å². The van der Waals surface area contributed by atoms with Gasteiger partial charge in [-0.2, -0.15) is 0 Å². The average molecular weight is 427 g/mol. The van der Waals surface area contributed by atoms with E-state index in [1.165, 1.54) is 7.11 Å². The van der Waals surface area contributed by atoms with Crippen molar-refractivity contribution in [1.82, 2.24) is 0 Å². The third-order valence-electron chi connectivity index (χ3n) is 4.88. The molecule has 0 bridgehead atoms.